The molecular weight excluding hydrogens is 334 g/mol. The van der Waals surface area contributed by atoms with Crippen molar-refractivity contribution in [2.24, 2.45) is 5.10 Å². The molecular formula is C19H19N3O4. The van der Waals surface area contributed by atoms with Crippen molar-refractivity contribution in [3.8, 4) is 5.75 Å². The predicted octanol–water partition coefficient (Wildman–Crippen LogP) is 3.41. The molecule has 7 heteroatoms. The molecule has 2 rings (SSSR count). The Morgan fingerprint density at radius 3 is 2.73 bits per heavy atom. The SMILES string of the molecule is Cc1ccc(OCC(=O)N/N=C/C=C/c2ccccc2[N+](=O)[O-])cc1C. The van der Waals surface area contributed by atoms with Crippen LogP contribution in [0.15, 0.2) is 53.6 Å². The zero-order chi connectivity index (χ0) is 18.9. The molecule has 0 spiro atoms. The molecule has 0 aliphatic heterocycles. The van der Waals surface area contributed by atoms with Gasteiger partial charge in [0, 0.05) is 12.3 Å². The number of carbonyl (C=O) groups excluding carboxylic acids is 1. The molecule has 26 heavy (non-hydrogen) atoms. The lowest BCUT2D eigenvalue weighted by atomic mass is 10.1. The number of allylic oxidation sites excluding steroid dienone is 1. The van der Waals surface area contributed by atoms with Crippen LogP contribution in [-0.2, 0) is 4.79 Å². The van der Waals surface area contributed by atoms with Crippen molar-refractivity contribution in [1.29, 1.82) is 0 Å². The Balaban J connectivity index is 1.82. The Hall–Kier alpha value is -3.48. The molecule has 7 nitrogen and oxygen atoms in total. The molecule has 0 radical (unpaired) electrons. The summed E-state index contributed by atoms with van der Waals surface area (Å²) in [5.41, 5.74) is 5.01. The summed E-state index contributed by atoms with van der Waals surface area (Å²) in [6.45, 7) is 3.81. The highest BCUT2D eigenvalue weighted by atomic mass is 16.6. The minimum absolute atomic E-state index is 0.00276. The highest BCUT2D eigenvalue weighted by molar-refractivity contribution is 5.82. The lowest BCUT2D eigenvalue weighted by molar-refractivity contribution is -0.385. The minimum Gasteiger partial charge on any atom is -0.484 e. The second-order valence-electron chi connectivity index (χ2n) is 5.52. The van der Waals surface area contributed by atoms with E-state index in [9.17, 15) is 14.9 Å². The molecule has 134 valence electrons. The van der Waals surface area contributed by atoms with Crippen LogP contribution in [0.2, 0.25) is 0 Å². The van der Waals surface area contributed by atoms with Crippen molar-refractivity contribution in [2.45, 2.75) is 13.8 Å². The first-order chi connectivity index (χ1) is 12.5. The maximum Gasteiger partial charge on any atom is 0.277 e. The van der Waals surface area contributed by atoms with Crippen molar-refractivity contribution >= 4 is 23.9 Å². The summed E-state index contributed by atoms with van der Waals surface area (Å²) in [5, 5.41) is 14.6. The van der Waals surface area contributed by atoms with Gasteiger partial charge in [-0.05, 0) is 55.3 Å². The van der Waals surface area contributed by atoms with Gasteiger partial charge in [-0.15, -0.1) is 0 Å². The molecule has 2 aromatic carbocycles. The second-order valence-corrected chi connectivity index (χ2v) is 5.52. The highest BCUT2D eigenvalue weighted by Crippen LogP contribution is 2.18. The molecule has 1 N–H and O–H groups in total. The number of para-hydroxylation sites is 1. The monoisotopic (exact) mass is 353 g/mol. The quantitative estimate of drug-likeness (QED) is 0.469. The third kappa shape index (κ3) is 5.55. The molecule has 0 saturated heterocycles. The first-order valence-corrected chi connectivity index (χ1v) is 7.89. The molecule has 2 aromatic rings. The number of rotatable bonds is 7. The number of nitrogens with one attached hydrogen (secondary N) is 1. The summed E-state index contributed by atoms with van der Waals surface area (Å²) in [6, 6.07) is 11.9. The maximum atomic E-state index is 11.7. The van der Waals surface area contributed by atoms with Crippen LogP contribution in [0, 0.1) is 24.0 Å². The number of benzene rings is 2. The van der Waals surface area contributed by atoms with Gasteiger partial charge in [-0.3, -0.25) is 14.9 Å². The zero-order valence-corrected chi connectivity index (χ0v) is 14.5. The van der Waals surface area contributed by atoms with Crippen LogP contribution in [-0.4, -0.2) is 23.7 Å². The van der Waals surface area contributed by atoms with E-state index in [1.165, 1.54) is 18.4 Å². The molecule has 0 heterocycles. The Morgan fingerprint density at radius 2 is 2.00 bits per heavy atom. The Bertz CT molecular complexity index is 860. The number of hydrogen-bond donors (Lipinski definition) is 1. The Labute approximate surface area is 151 Å². The summed E-state index contributed by atoms with van der Waals surface area (Å²) in [7, 11) is 0. The third-order valence-corrected chi connectivity index (χ3v) is 3.61. The van der Waals surface area contributed by atoms with Gasteiger partial charge < -0.3 is 4.74 Å². The normalized spacial score (nSPS) is 11.0. The van der Waals surface area contributed by atoms with Crippen LogP contribution < -0.4 is 10.2 Å². The standard InChI is InChI=1S/C19H19N3O4/c1-14-9-10-17(12-15(14)2)26-13-19(23)21-20-11-5-7-16-6-3-4-8-18(16)22(24)25/h3-12H,13H2,1-2H3,(H,21,23)/b7-5+,20-11+. The van der Waals surface area contributed by atoms with Crippen LogP contribution in [0.4, 0.5) is 5.69 Å². The topological polar surface area (TPSA) is 93.8 Å². The minimum atomic E-state index is -0.456. The molecule has 0 aromatic heterocycles. The van der Waals surface area contributed by atoms with Crippen LogP contribution in [0.25, 0.3) is 6.08 Å². The maximum absolute atomic E-state index is 11.7. The van der Waals surface area contributed by atoms with Crippen LogP contribution in [0.5, 0.6) is 5.75 Å². The largest absolute Gasteiger partial charge is 0.484 e. The van der Waals surface area contributed by atoms with Gasteiger partial charge in [0.05, 0.1) is 10.5 Å². The molecule has 0 bridgehead atoms. The first-order valence-electron chi connectivity index (χ1n) is 7.89. The fourth-order valence-electron chi connectivity index (χ4n) is 2.08. The predicted molar refractivity (Wildman–Crippen MR) is 100 cm³/mol. The van der Waals surface area contributed by atoms with Gasteiger partial charge in [0.25, 0.3) is 11.6 Å². The fourth-order valence-corrected chi connectivity index (χ4v) is 2.08. The number of aryl methyl sites for hydroxylation is 2. The van der Waals surface area contributed by atoms with E-state index >= 15 is 0 Å². The molecule has 0 atom stereocenters. The Morgan fingerprint density at radius 1 is 1.23 bits per heavy atom. The number of ether oxygens (including phenoxy) is 1. The summed E-state index contributed by atoms with van der Waals surface area (Å²) in [5.74, 6) is 0.210. The van der Waals surface area contributed by atoms with Gasteiger partial charge in [-0.2, -0.15) is 5.10 Å². The van der Waals surface area contributed by atoms with E-state index in [1.54, 1.807) is 30.3 Å². The zero-order valence-electron chi connectivity index (χ0n) is 14.5. The number of hydrazone groups is 1. The van der Waals surface area contributed by atoms with E-state index in [-0.39, 0.29) is 12.3 Å². The van der Waals surface area contributed by atoms with Gasteiger partial charge in [-0.25, -0.2) is 5.43 Å². The first kappa shape index (κ1) is 18.9. The lowest BCUT2D eigenvalue weighted by Crippen LogP contribution is -2.24. The summed E-state index contributed by atoms with van der Waals surface area (Å²) >= 11 is 0. The molecule has 0 aliphatic rings. The van der Waals surface area contributed by atoms with E-state index in [0.29, 0.717) is 11.3 Å². The van der Waals surface area contributed by atoms with Crippen molar-refractivity contribution < 1.29 is 14.5 Å². The smallest absolute Gasteiger partial charge is 0.277 e. The van der Waals surface area contributed by atoms with E-state index < -0.39 is 10.8 Å². The summed E-state index contributed by atoms with van der Waals surface area (Å²) in [4.78, 5) is 22.1. The van der Waals surface area contributed by atoms with E-state index in [2.05, 4.69) is 10.5 Å². The number of carbonyl (C=O) groups is 1. The highest BCUT2D eigenvalue weighted by Gasteiger charge is 2.08. The van der Waals surface area contributed by atoms with Gasteiger partial charge >= 0.3 is 0 Å². The number of amides is 1. The lowest BCUT2D eigenvalue weighted by Gasteiger charge is -2.07. The second kappa shape index (κ2) is 9.12. The van der Waals surface area contributed by atoms with Crippen LogP contribution >= 0.6 is 0 Å². The fraction of sp³-hybridized carbons (Fsp3) is 0.158. The summed E-state index contributed by atoms with van der Waals surface area (Å²) < 4.78 is 5.39. The number of hydrogen-bond acceptors (Lipinski definition) is 5. The average Bonchev–Trinajstić information content (AvgIpc) is 2.62. The van der Waals surface area contributed by atoms with Crippen molar-refractivity contribution in [3.63, 3.8) is 0 Å². The third-order valence-electron chi connectivity index (χ3n) is 3.61. The number of nitrogens with zero attached hydrogens (tertiary/aromatic N) is 2. The van der Waals surface area contributed by atoms with Crippen LogP contribution in [0.1, 0.15) is 16.7 Å². The summed E-state index contributed by atoms with van der Waals surface area (Å²) in [6.07, 6.45) is 4.39. The molecule has 0 fully saturated rings. The van der Waals surface area contributed by atoms with Crippen molar-refractivity contribution in [3.05, 3.63) is 75.3 Å². The Kier molecular flexibility index (Phi) is 6.61. The number of nitro benzene ring substituents is 1. The van der Waals surface area contributed by atoms with Gasteiger partial charge in [0.15, 0.2) is 6.61 Å². The van der Waals surface area contributed by atoms with E-state index in [4.69, 9.17) is 4.74 Å². The van der Waals surface area contributed by atoms with Gasteiger partial charge in [0.1, 0.15) is 5.75 Å². The number of nitro groups is 1. The molecule has 0 unspecified atom stereocenters. The van der Waals surface area contributed by atoms with Crippen molar-refractivity contribution in [1.82, 2.24) is 5.43 Å². The van der Waals surface area contributed by atoms with Gasteiger partial charge in [-0.1, -0.05) is 18.2 Å². The molecule has 0 aliphatic carbocycles. The van der Waals surface area contributed by atoms with Gasteiger partial charge in [0.2, 0.25) is 0 Å². The van der Waals surface area contributed by atoms with E-state index in [0.717, 1.165) is 11.1 Å². The van der Waals surface area contributed by atoms with Crippen molar-refractivity contribution in [2.75, 3.05) is 6.61 Å². The molecule has 0 saturated carbocycles. The van der Waals surface area contributed by atoms with Crippen LogP contribution in [0.3, 0.4) is 0 Å². The molecule has 1 amide bonds. The average molecular weight is 353 g/mol. The van der Waals surface area contributed by atoms with E-state index in [1.807, 2.05) is 26.0 Å².